The first kappa shape index (κ1) is 24.1. The Kier molecular flexibility index (Phi) is 6.25. The number of halogens is 2. The van der Waals surface area contributed by atoms with Gasteiger partial charge in [0.15, 0.2) is 0 Å². The molecule has 3 aliphatic carbocycles. The summed E-state index contributed by atoms with van der Waals surface area (Å²) in [5.74, 6) is 1.07. The fraction of sp³-hybridized carbons (Fsp3) is 0.419. The van der Waals surface area contributed by atoms with Crippen molar-refractivity contribution >= 4 is 33.9 Å². The molecule has 2 aromatic heterocycles. The highest BCUT2D eigenvalue weighted by Gasteiger charge is 2.32. The molecule has 0 aliphatic heterocycles. The molecule has 2 aromatic carbocycles. The van der Waals surface area contributed by atoms with Gasteiger partial charge in [0.05, 0.1) is 41.4 Å². The zero-order chi connectivity index (χ0) is 28.1. The standard InChI is InChI=1S/C31H31ClFN7/c32-27-14-24(37-30(20-4-6-22(33)7-5-20)28-17-40(39-38-28)25-8-9-25)13-26-29(21(15-34)16-35-31(26)27)36-23-11-18-2-1-3-19(10-18)12-23/h4-7,13-14,16-19,23,25,30,37H,1-3,8-12H2,(H,35,36)/t18-,19+,23?,30-/m0/s1/i30D. The van der Waals surface area contributed by atoms with E-state index in [1.807, 2.05) is 6.07 Å². The quantitative estimate of drug-likeness (QED) is 0.246. The lowest BCUT2D eigenvalue weighted by molar-refractivity contribution is 0.178. The Morgan fingerprint density at radius 3 is 2.60 bits per heavy atom. The zero-order valence-electron chi connectivity index (χ0n) is 23.1. The summed E-state index contributed by atoms with van der Waals surface area (Å²) in [6.07, 6.45) is 12.8. The number of pyridine rings is 1. The molecule has 3 fully saturated rings. The third-order valence-electron chi connectivity index (χ3n) is 8.61. The first-order chi connectivity index (χ1) is 19.9. The van der Waals surface area contributed by atoms with Crippen LogP contribution in [0.15, 0.2) is 48.8 Å². The van der Waals surface area contributed by atoms with E-state index < -0.39 is 6.02 Å². The molecule has 4 atom stereocenters. The molecule has 0 saturated heterocycles. The third kappa shape index (κ3) is 4.99. The highest BCUT2D eigenvalue weighted by atomic mass is 35.5. The molecule has 1 unspecified atom stereocenters. The summed E-state index contributed by atoms with van der Waals surface area (Å²) in [6, 6.07) is 10.8. The van der Waals surface area contributed by atoms with Crippen LogP contribution in [-0.2, 0) is 0 Å². The van der Waals surface area contributed by atoms with Gasteiger partial charge in [0, 0.05) is 23.3 Å². The first-order valence-electron chi connectivity index (χ1n) is 14.6. The maximum Gasteiger partial charge on any atom is 0.123 e. The third-order valence-corrected chi connectivity index (χ3v) is 8.90. The Balaban J connectivity index is 1.29. The van der Waals surface area contributed by atoms with E-state index in [-0.39, 0.29) is 11.9 Å². The second-order valence-electron chi connectivity index (χ2n) is 11.5. The van der Waals surface area contributed by atoms with E-state index in [4.69, 9.17) is 11.6 Å². The van der Waals surface area contributed by atoms with Crippen LogP contribution in [0.2, 0.25) is 5.02 Å². The van der Waals surface area contributed by atoms with E-state index in [0.717, 1.165) is 48.6 Å². The van der Waals surface area contributed by atoms with E-state index >= 15 is 0 Å². The number of nitrogens with one attached hydrogen (secondary N) is 2. The van der Waals surface area contributed by atoms with Crippen molar-refractivity contribution in [3.63, 3.8) is 0 Å². The Hall–Kier alpha value is -3.70. The molecule has 7 nitrogen and oxygen atoms in total. The van der Waals surface area contributed by atoms with Crippen molar-refractivity contribution in [1.29, 1.82) is 5.26 Å². The minimum Gasteiger partial charge on any atom is -0.381 e. The van der Waals surface area contributed by atoms with Gasteiger partial charge in [0.2, 0.25) is 0 Å². The maximum absolute atomic E-state index is 13.9. The van der Waals surface area contributed by atoms with Crippen molar-refractivity contribution in [3.8, 4) is 6.07 Å². The van der Waals surface area contributed by atoms with E-state index in [2.05, 4.69) is 32.0 Å². The summed E-state index contributed by atoms with van der Waals surface area (Å²) in [4.78, 5) is 4.52. The van der Waals surface area contributed by atoms with Crippen molar-refractivity contribution in [1.82, 2.24) is 20.0 Å². The molecule has 204 valence electrons. The van der Waals surface area contributed by atoms with E-state index in [0.29, 0.717) is 39.1 Å². The summed E-state index contributed by atoms with van der Waals surface area (Å²) in [6.45, 7) is 0. The number of fused-ring (bicyclic) bond motifs is 3. The average Bonchev–Trinajstić information content (AvgIpc) is 3.69. The molecule has 40 heavy (non-hydrogen) atoms. The smallest absolute Gasteiger partial charge is 0.123 e. The minimum atomic E-state index is -1.58. The van der Waals surface area contributed by atoms with Gasteiger partial charge < -0.3 is 10.6 Å². The summed E-state index contributed by atoms with van der Waals surface area (Å²) in [5.41, 5.74) is 3.24. The molecule has 3 aliphatic rings. The zero-order valence-corrected chi connectivity index (χ0v) is 22.8. The number of anilines is 2. The molecule has 7 rings (SSSR count). The lowest BCUT2D eigenvalue weighted by Crippen LogP contribution is -2.34. The van der Waals surface area contributed by atoms with Gasteiger partial charge in [0.25, 0.3) is 0 Å². The Bertz CT molecular complexity index is 1630. The average molecular weight is 557 g/mol. The predicted molar refractivity (Wildman–Crippen MR) is 154 cm³/mol. The number of hydrogen-bond acceptors (Lipinski definition) is 6. The van der Waals surface area contributed by atoms with Crippen LogP contribution in [0.1, 0.15) is 81.6 Å². The highest BCUT2D eigenvalue weighted by Crippen LogP contribution is 2.42. The van der Waals surface area contributed by atoms with Crippen molar-refractivity contribution in [2.45, 2.75) is 69.5 Å². The summed E-state index contributed by atoms with van der Waals surface area (Å²) < 4.78 is 25.3. The second-order valence-corrected chi connectivity index (χ2v) is 12.0. The number of nitrogens with zero attached hydrogens (tertiary/aromatic N) is 5. The van der Waals surface area contributed by atoms with Crippen LogP contribution in [0.5, 0.6) is 0 Å². The van der Waals surface area contributed by atoms with Crippen LogP contribution in [0, 0.1) is 29.0 Å². The fourth-order valence-electron chi connectivity index (χ4n) is 6.58. The van der Waals surface area contributed by atoms with Crippen molar-refractivity contribution in [2.75, 3.05) is 10.6 Å². The van der Waals surface area contributed by atoms with Gasteiger partial charge in [0.1, 0.15) is 17.6 Å². The largest absolute Gasteiger partial charge is 0.381 e. The van der Waals surface area contributed by atoms with Crippen LogP contribution in [0.25, 0.3) is 10.9 Å². The van der Waals surface area contributed by atoms with Crippen molar-refractivity contribution in [3.05, 3.63) is 76.5 Å². The van der Waals surface area contributed by atoms with Gasteiger partial charge >= 0.3 is 0 Å². The molecular weight excluding hydrogens is 525 g/mol. The predicted octanol–water partition coefficient (Wildman–Crippen LogP) is 7.41. The fourth-order valence-corrected chi connectivity index (χ4v) is 6.85. The Labute approximate surface area is 239 Å². The molecule has 2 heterocycles. The van der Waals surface area contributed by atoms with Gasteiger partial charge in [-0.1, -0.05) is 48.2 Å². The normalized spacial score (nSPS) is 24.1. The van der Waals surface area contributed by atoms with Crippen LogP contribution in [0.4, 0.5) is 15.8 Å². The van der Waals surface area contributed by atoms with E-state index in [1.165, 1.54) is 37.8 Å². The molecule has 2 bridgehead atoms. The van der Waals surface area contributed by atoms with Gasteiger partial charge in [-0.15, -0.1) is 5.10 Å². The molecule has 3 saturated carbocycles. The monoisotopic (exact) mass is 556 g/mol. The van der Waals surface area contributed by atoms with Crippen LogP contribution in [0.3, 0.4) is 0 Å². The number of rotatable bonds is 7. The molecule has 4 aromatic rings. The number of benzene rings is 2. The highest BCUT2D eigenvalue weighted by molar-refractivity contribution is 6.35. The summed E-state index contributed by atoms with van der Waals surface area (Å²) in [5, 5.41) is 26.8. The van der Waals surface area contributed by atoms with Crippen LogP contribution >= 0.6 is 11.6 Å². The van der Waals surface area contributed by atoms with Gasteiger partial charge in [-0.2, -0.15) is 5.26 Å². The minimum absolute atomic E-state index is 0.277. The summed E-state index contributed by atoms with van der Waals surface area (Å²) >= 11 is 6.79. The van der Waals surface area contributed by atoms with Gasteiger partial charge in [-0.25, -0.2) is 9.07 Å². The maximum atomic E-state index is 13.9. The van der Waals surface area contributed by atoms with Gasteiger partial charge in [-0.3, -0.25) is 4.98 Å². The lowest BCUT2D eigenvalue weighted by atomic mass is 9.70. The second kappa shape index (κ2) is 10.4. The summed E-state index contributed by atoms with van der Waals surface area (Å²) in [7, 11) is 0. The number of aromatic nitrogens is 4. The van der Waals surface area contributed by atoms with Crippen molar-refractivity contribution < 1.29 is 5.76 Å². The Morgan fingerprint density at radius 2 is 1.88 bits per heavy atom. The van der Waals surface area contributed by atoms with Crippen molar-refractivity contribution in [2.24, 2.45) is 11.8 Å². The van der Waals surface area contributed by atoms with E-state index in [9.17, 15) is 11.0 Å². The van der Waals surface area contributed by atoms with Crippen LogP contribution in [-0.4, -0.2) is 26.0 Å². The molecule has 0 radical (unpaired) electrons. The number of nitriles is 1. The molecule has 9 heteroatoms. The molecule has 0 spiro atoms. The topological polar surface area (TPSA) is 91.5 Å². The molecule has 2 N–H and O–H groups in total. The SMILES string of the molecule is [2H][C@](Nc1cc(Cl)c2ncc(C#N)c(NC3C[C@H]4CCC[C@@H](C3)C4)c2c1)(c1ccc(F)cc1)c1cn(C2CC2)nn1. The first-order valence-corrected chi connectivity index (χ1v) is 14.5. The molecular formula is C31H31ClFN7. The Morgan fingerprint density at radius 1 is 1.10 bits per heavy atom. The molecule has 0 amide bonds. The number of hydrogen-bond donors (Lipinski definition) is 2. The van der Waals surface area contributed by atoms with Gasteiger partial charge in [-0.05, 0) is 73.8 Å². The lowest BCUT2D eigenvalue weighted by Gasteiger charge is -2.39. The van der Waals surface area contributed by atoms with E-state index in [1.54, 1.807) is 35.3 Å². The van der Waals surface area contributed by atoms with Crippen LogP contribution < -0.4 is 10.6 Å².